The van der Waals surface area contributed by atoms with E-state index in [1.165, 1.54) is 22.5 Å². The smallest absolute Gasteiger partial charge is 0.338 e. The summed E-state index contributed by atoms with van der Waals surface area (Å²) in [6, 6.07) is 12.6. The van der Waals surface area contributed by atoms with Crippen LogP contribution in [0.3, 0.4) is 0 Å². The maximum absolute atomic E-state index is 13.6. The number of hydrogen-bond donors (Lipinski definition) is 1. The lowest BCUT2D eigenvalue weighted by Gasteiger charge is -2.31. The fourth-order valence-corrected chi connectivity index (χ4v) is 4.86. The molecule has 172 valence electrons. The molecule has 1 fully saturated rings. The largest absolute Gasteiger partial charge is 0.462 e. The second-order valence-corrected chi connectivity index (χ2v) is 8.81. The molecule has 8 heteroatoms. The molecule has 0 saturated heterocycles. The van der Waals surface area contributed by atoms with Gasteiger partial charge in [-0.15, -0.1) is 11.3 Å². The fraction of sp³-hybridized carbons (Fsp3) is 0.320. The quantitative estimate of drug-likeness (QED) is 0.474. The summed E-state index contributed by atoms with van der Waals surface area (Å²) in [5.74, 6) is -0.996. The monoisotopic (exact) mass is 466 g/mol. The SMILES string of the molecule is CCOC(=O)c1ccc(N(C(=O)c2ccco2)C(C(=O)NC2CCCC2)c2cccs2)cc1. The van der Waals surface area contributed by atoms with E-state index in [4.69, 9.17) is 9.15 Å². The van der Waals surface area contributed by atoms with Crippen LogP contribution in [-0.2, 0) is 9.53 Å². The van der Waals surface area contributed by atoms with Crippen LogP contribution < -0.4 is 10.2 Å². The normalized spacial score (nSPS) is 14.6. The number of esters is 1. The molecule has 33 heavy (non-hydrogen) atoms. The van der Waals surface area contributed by atoms with E-state index in [1.807, 2.05) is 17.5 Å². The molecule has 0 radical (unpaired) electrons. The molecule has 2 amide bonds. The van der Waals surface area contributed by atoms with Gasteiger partial charge in [-0.2, -0.15) is 0 Å². The molecule has 1 atom stereocenters. The Morgan fingerprint density at radius 1 is 1.12 bits per heavy atom. The average molecular weight is 467 g/mol. The molecule has 1 unspecified atom stereocenters. The van der Waals surface area contributed by atoms with Gasteiger partial charge in [0.1, 0.15) is 0 Å². The molecule has 4 rings (SSSR count). The Bertz CT molecular complexity index is 1070. The molecule has 1 aliphatic carbocycles. The van der Waals surface area contributed by atoms with Crippen LogP contribution in [0.5, 0.6) is 0 Å². The van der Waals surface area contributed by atoms with Gasteiger partial charge in [0.15, 0.2) is 11.8 Å². The summed E-state index contributed by atoms with van der Waals surface area (Å²) in [7, 11) is 0. The Kier molecular flexibility index (Phi) is 7.24. The summed E-state index contributed by atoms with van der Waals surface area (Å²) in [5.41, 5.74) is 0.846. The Hall–Kier alpha value is -3.39. The number of hydrogen-bond acceptors (Lipinski definition) is 6. The minimum Gasteiger partial charge on any atom is -0.462 e. The van der Waals surface area contributed by atoms with Crippen molar-refractivity contribution in [2.24, 2.45) is 0 Å². The molecule has 2 heterocycles. The third-order valence-electron chi connectivity index (χ3n) is 5.63. The lowest BCUT2D eigenvalue weighted by atomic mass is 10.1. The van der Waals surface area contributed by atoms with Crippen LogP contribution >= 0.6 is 11.3 Å². The molecule has 1 aliphatic rings. The van der Waals surface area contributed by atoms with Gasteiger partial charge in [-0.1, -0.05) is 18.9 Å². The molecular formula is C25H26N2O5S. The number of nitrogens with one attached hydrogen (secondary N) is 1. The second kappa shape index (κ2) is 10.5. The lowest BCUT2D eigenvalue weighted by Crippen LogP contribution is -2.46. The summed E-state index contributed by atoms with van der Waals surface area (Å²) in [6.45, 7) is 2.01. The highest BCUT2D eigenvalue weighted by Crippen LogP contribution is 2.33. The first kappa shape index (κ1) is 22.8. The number of nitrogens with zero attached hydrogens (tertiary/aromatic N) is 1. The topological polar surface area (TPSA) is 88.8 Å². The van der Waals surface area contributed by atoms with Gasteiger partial charge in [0, 0.05) is 16.6 Å². The number of ether oxygens (including phenoxy) is 1. The summed E-state index contributed by atoms with van der Waals surface area (Å²) < 4.78 is 10.4. The van der Waals surface area contributed by atoms with Crippen LogP contribution in [-0.4, -0.2) is 30.4 Å². The molecular weight excluding hydrogens is 440 g/mol. The summed E-state index contributed by atoms with van der Waals surface area (Å²) >= 11 is 1.41. The number of rotatable bonds is 8. The molecule has 0 spiro atoms. The van der Waals surface area contributed by atoms with Crippen LogP contribution in [0.1, 0.15) is 64.4 Å². The van der Waals surface area contributed by atoms with Crippen LogP contribution in [0.25, 0.3) is 0 Å². The van der Waals surface area contributed by atoms with Crippen molar-refractivity contribution >= 4 is 34.8 Å². The molecule has 0 bridgehead atoms. The molecule has 1 N–H and O–H groups in total. The number of furan rings is 1. The van der Waals surface area contributed by atoms with Gasteiger partial charge in [-0.25, -0.2) is 4.79 Å². The Morgan fingerprint density at radius 2 is 1.88 bits per heavy atom. The van der Waals surface area contributed by atoms with Crippen LogP contribution in [0.2, 0.25) is 0 Å². The van der Waals surface area contributed by atoms with Crippen molar-refractivity contribution < 1.29 is 23.5 Å². The predicted octanol–water partition coefficient (Wildman–Crippen LogP) is 4.96. The van der Waals surface area contributed by atoms with Gasteiger partial charge in [-0.05, 0) is 67.6 Å². The van der Waals surface area contributed by atoms with E-state index in [-0.39, 0.29) is 24.3 Å². The highest BCUT2D eigenvalue weighted by Gasteiger charge is 2.36. The van der Waals surface area contributed by atoms with E-state index < -0.39 is 17.9 Å². The van der Waals surface area contributed by atoms with Crippen molar-refractivity contribution in [3.8, 4) is 0 Å². The number of carbonyl (C=O) groups is 3. The van der Waals surface area contributed by atoms with Gasteiger partial charge in [-0.3, -0.25) is 14.5 Å². The number of benzene rings is 1. The first-order valence-electron chi connectivity index (χ1n) is 11.1. The number of carbonyl (C=O) groups excluding carboxylic acids is 3. The van der Waals surface area contributed by atoms with E-state index in [1.54, 1.807) is 43.3 Å². The standard InChI is InChI=1S/C25H26N2O5S/c1-2-31-25(30)17-11-13-19(14-12-17)27(24(29)20-9-5-15-32-20)22(21-10-6-16-33-21)23(28)26-18-7-3-4-8-18/h5-6,9-16,18,22H,2-4,7-8H2,1H3,(H,26,28). The Morgan fingerprint density at radius 3 is 2.48 bits per heavy atom. The van der Waals surface area contributed by atoms with Crippen molar-refractivity contribution in [3.63, 3.8) is 0 Å². The van der Waals surface area contributed by atoms with Crippen molar-refractivity contribution in [2.45, 2.75) is 44.7 Å². The van der Waals surface area contributed by atoms with Crippen molar-refractivity contribution in [2.75, 3.05) is 11.5 Å². The average Bonchev–Trinajstić information content (AvgIpc) is 3.61. The van der Waals surface area contributed by atoms with Gasteiger partial charge < -0.3 is 14.5 Å². The summed E-state index contributed by atoms with van der Waals surface area (Å²) in [5, 5.41) is 5.01. The summed E-state index contributed by atoms with van der Waals surface area (Å²) in [4.78, 5) is 41.4. The zero-order chi connectivity index (χ0) is 23.2. The number of anilines is 1. The molecule has 3 aromatic rings. The predicted molar refractivity (Wildman–Crippen MR) is 125 cm³/mol. The van der Waals surface area contributed by atoms with E-state index in [2.05, 4.69) is 5.32 Å². The zero-order valence-electron chi connectivity index (χ0n) is 18.4. The van der Waals surface area contributed by atoms with Crippen molar-refractivity contribution in [3.05, 3.63) is 76.4 Å². The first-order valence-corrected chi connectivity index (χ1v) is 11.9. The van der Waals surface area contributed by atoms with E-state index in [0.29, 0.717) is 11.3 Å². The van der Waals surface area contributed by atoms with Gasteiger partial charge in [0.2, 0.25) is 5.91 Å². The van der Waals surface area contributed by atoms with Crippen molar-refractivity contribution in [1.29, 1.82) is 0 Å². The second-order valence-electron chi connectivity index (χ2n) is 7.83. The minimum absolute atomic E-state index is 0.103. The van der Waals surface area contributed by atoms with Gasteiger partial charge in [0.05, 0.1) is 18.4 Å². The maximum atomic E-state index is 13.6. The Labute approximate surface area is 196 Å². The van der Waals surface area contributed by atoms with E-state index >= 15 is 0 Å². The lowest BCUT2D eigenvalue weighted by molar-refractivity contribution is -0.123. The molecule has 1 aromatic carbocycles. The molecule has 0 aliphatic heterocycles. The third-order valence-corrected chi connectivity index (χ3v) is 6.55. The van der Waals surface area contributed by atoms with E-state index in [0.717, 1.165) is 30.6 Å². The molecule has 2 aromatic heterocycles. The zero-order valence-corrected chi connectivity index (χ0v) is 19.2. The van der Waals surface area contributed by atoms with Crippen LogP contribution in [0.15, 0.2) is 64.6 Å². The highest BCUT2D eigenvalue weighted by atomic mass is 32.1. The third kappa shape index (κ3) is 5.17. The number of amides is 2. The van der Waals surface area contributed by atoms with E-state index in [9.17, 15) is 14.4 Å². The minimum atomic E-state index is -0.878. The Balaban J connectivity index is 1.73. The fourth-order valence-electron chi connectivity index (χ4n) is 4.05. The number of thiophene rings is 1. The van der Waals surface area contributed by atoms with Crippen LogP contribution in [0, 0.1) is 0 Å². The van der Waals surface area contributed by atoms with Crippen molar-refractivity contribution in [1.82, 2.24) is 5.32 Å². The highest BCUT2D eigenvalue weighted by molar-refractivity contribution is 7.10. The van der Waals surface area contributed by atoms with Crippen LogP contribution in [0.4, 0.5) is 5.69 Å². The van der Waals surface area contributed by atoms with Gasteiger partial charge in [0.25, 0.3) is 5.91 Å². The maximum Gasteiger partial charge on any atom is 0.338 e. The summed E-state index contributed by atoms with van der Waals surface area (Å²) in [6.07, 6.45) is 5.46. The van der Waals surface area contributed by atoms with Gasteiger partial charge >= 0.3 is 5.97 Å². The molecule has 7 nitrogen and oxygen atoms in total. The molecule has 1 saturated carbocycles. The first-order chi connectivity index (χ1) is 16.1.